The van der Waals surface area contributed by atoms with Gasteiger partial charge in [0.2, 0.25) is 11.8 Å². The molecule has 59 heavy (non-hydrogen) atoms. The standard InChI is InChI=1S/C42H52ClFN8O6S/c1-22(2)32(48-40(55)57-6)38(53)51-17-9-10-30(51)37-47-33(35(43)50-37)25-15-16-27(28(44)18-25)23-11-13-24(14-12-23)29-20-45-36(46-29)31-19-26(59-8)21-52(31)39(54)34(42(3,4)5)49-41(56)58-7/h11-16,18,20,22,26,30-32,34H,9-10,17,19,21H2,1-8H3,(H,45,46)(H,47,50)(H,48,55)(H,49,56)/t26-,30-,31-,32-,34+/m0/s1. The van der Waals surface area contributed by atoms with Crippen LogP contribution in [0.2, 0.25) is 5.15 Å². The summed E-state index contributed by atoms with van der Waals surface area (Å²) >= 11 is 8.33. The number of carbonyl (C=O) groups is 4. The number of thioether (sulfide) groups is 1. The summed E-state index contributed by atoms with van der Waals surface area (Å²) in [5.41, 5.74) is 2.90. The number of benzene rings is 2. The van der Waals surface area contributed by atoms with Crippen LogP contribution < -0.4 is 10.6 Å². The van der Waals surface area contributed by atoms with Crippen LogP contribution in [0.25, 0.3) is 33.6 Å². The van der Waals surface area contributed by atoms with Crippen molar-refractivity contribution in [3.05, 3.63) is 71.3 Å². The molecule has 0 unspecified atom stereocenters. The Morgan fingerprint density at radius 1 is 0.915 bits per heavy atom. The lowest BCUT2D eigenvalue weighted by Gasteiger charge is -2.35. The Morgan fingerprint density at radius 3 is 2.20 bits per heavy atom. The highest BCUT2D eigenvalue weighted by atomic mass is 35.5. The Hall–Kier alpha value is -5.09. The van der Waals surface area contributed by atoms with Gasteiger partial charge in [-0.2, -0.15) is 11.8 Å². The number of aromatic amines is 2. The summed E-state index contributed by atoms with van der Waals surface area (Å²) in [6.07, 6.45) is 4.48. The van der Waals surface area contributed by atoms with Gasteiger partial charge in [0.1, 0.15) is 40.4 Å². The zero-order valence-corrected chi connectivity index (χ0v) is 36.1. The van der Waals surface area contributed by atoms with Crippen LogP contribution in [-0.2, 0) is 19.1 Å². The zero-order valence-electron chi connectivity index (χ0n) is 34.5. The number of rotatable bonds is 11. The Kier molecular flexibility index (Phi) is 13.3. The number of amides is 4. The number of ether oxygens (including phenoxy) is 2. The second-order valence-electron chi connectivity index (χ2n) is 16.3. The number of halogens is 2. The van der Waals surface area contributed by atoms with Gasteiger partial charge >= 0.3 is 12.2 Å². The lowest BCUT2D eigenvalue weighted by Crippen LogP contribution is -2.54. The van der Waals surface area contributed by atoms with E-state index < -0.39 is 41.5 Å². The summed E-state index contributed by atoms with van der Waals surface area (Å²) in [4.78, 5) is 71.2. The fraction of sp³-hybridized carbons (Fsp3) is 0.476. The monoisotopic (exact) mass is 850 g/mol. The van der Waals surface area contributed by atoms with Crippen molar-refractivity contribution >= 4 is 47.4 Å². The molecule has 4 aromatic rings. The maximum Gasteiger partial charge on any atom is 0.407 e. The van der Waals surface area contributed by atoms with Crippen LogP contribution in [0.4, 0.5) is 14.0 Å². The third-order valence-electron chi connectivity index (χ3n) is 11.0. The molecule has 5 atom stereocenters. The summed E-state index contributed by atoms with van der Waals surface area (Å²) in [5, 5.41) is 5.79. The molecule has 0 spiro atoms. The van der Waals surface area contributed by atoms with Gasteiger partial charge in [-0.3, -0.25) is 9.59 Å². The third kappa shape index (κ3) is 9.38. The highest BCUT2D eigenvalue weighted by molar-refractivity contribution is 7.99. The first-order valence-electron chi connectivity index (χ1n) is 19.6. The first-order chi connectivity index (χ1) is 28.0. The van der Waals surface area contributed by atoms with Gasteiger partial charge in [0.15, 0.2) is 0 Å². The molecule has 0 bridgehead atoms. The fourth-order valence-electron chi connectivity index (χ4n) is 7.75. The van der Waals surface area contributed by atoms with Crippen molar-refractivity contribution in [1.29, 1.82) is 0 Å². The largest absolute Gasteiger partial charge is 0.453 e. The van der Waals surface area contributed by atoms with Gasteiger partial charge in [-0.15, -0.1) is 0 Å². The molecule has 2 saturated heterocycles. The van der Waals surface area contributed by atoms with Crippen molar-refractivity contribution in [2.75, 3.05) is 33.6 Å². The van der Waals surface area contributed by atoms with E-state index in [2.05, 4.69) is 20.6 Å². The summed E-state index contributed by atoms with van der Waals surface area (Å²) < 4.78 is 25.4. The van der Waals surface area contributed by atoms with Crippen molar-refractivity contribution in [3.8, 4) is 33.6 Å². The first kappa shape index (κ1) is 43.5. The van der Waals surface area contributed by atoms with E-state index in [1.807, 2.05) is 65.1 Å². The van der Waals surface area contributed by atoms with Crippen molar-refractivity contribution in [2.24, 2.45) is 11.3 Å². The molecule has 4 amide bonds. The smallest absolute Gasteiger partial charge is 0.407 e. The molecular formula is C42H52ClFN8O6S. The van der Waals surface area contributed by atoms with Crippen LogP contribution in [-0.4, -0.2) is 105 Å². The summed E-state index contributed by atoms with van der Waals surface area (Å²) in [6.45, 7) is 10.4. The molecule has 2 aliphatic rings. The molecule has 2 aromatic heterocycles. The van der Waals surface area contributed by atoms with Crippen molar-refractivity contribution in [3.63, 3.8) is 0 Å². The number of carbonyl (C=O) groups excluding carboxylic acids is 4. The molecule has 316 valence electrons. The minimum Gasteiger partial charge on any atom is -0.453 e. The molecule has 4 heterocycles. The second kappa shape index (κ2) is 18.0. The molecule has 4 N–H and O–H groups in total. The number of alkyl carbamates (subject to hydrolysis) is 2. The normalized spacial score (nSPS) is 19.1. The average molecular weight is 851 g/mol. The second-order valence-corrected chi connectivity index (χ2v) is 17.8. The third-order valence-corrected chi connectivity index (χ3v) is 12.3. The quantitative estimate of drug-likeness (QED) is 0.118. The van der Waals surface area contributed by atoms with E-state index in [1.165, 1.54) is 20.3 Å². The maximum absolute atomic E-state index is 15.9. The van der Waals surface area contributed by atoms with E-state index in [0.29, 0.717) is 60.0 Å². The Bertz CT molecular complexity index is 2170. The highest BCUT2D eigenvalue weighted by Crippen LogP contribution is 2.39. The molecule has 2 fully saturated rings. The molecule has 0 aliphatic carbocycles. The van der Waals surface area contributed by atoms with Gasteiger partial charge in [0, 0.05) is 29.5 Å². The summed E-state index contributed by atoms with van der Waals surface area (Å²) in [6, 6.07) is 9.97. The summed E-state index contributed by atoms with van der Waals surface area (Å²) in [7, 11) is 2.53. The van der Waals surface area contributed by atoms with Gasteiger partial charge < -0.3 is 39.9 Å². The number of aromatic nitrogens is 4. The lowest BCUT2D eigenvalue weighted by molar-refractivity contribution is -0.137. The molecular weight excluding hydrogens is 799 g/mol. The van der Waals surface area contributed by atoms with E-state index in [4.69, 9.17) is 31.0 Å². The molecule has 14 nitrogen and oxygen atoms in total. The van der Waals surface area contributed by atoms with Crippen molar-refractivity contribution < 1.29 is 33.0 Å². The first-order valence-corrected chi connectivity index (χ1v) is 21.2. The van der Waals surface area contributed by atoms with Crippen LogP contribution in [0.3, 0.4) is 0 Å². The molecule has 2 aromatic carbocycles. The number of H-pyrrole nitrogens is 2. The maximum atomic E-state index is 15.9. The Labute approximate surface area is 352 Å². The minimum absolute atomic E-state index is 0.179. The predicted molar refractivity (Wildman–Crippen MR) is 225 cm³/mol. The average Bonchev–Trinajstić information content (AvgIpc) is 4.04. The number of hydrogen-bond acceptors (Lipinski definition) is 9. The number of imidazole rings is 2. The fourth-order valence-corrected chi connectivity index (χ4v) is 8.68. The van der Waals surface area contributed by atoms with E-state index in [-0.39, 0.29) is 34.2 Å². The number of nitrogens with one attached hydrogen (secondary N) is 4. The van der Waals surface area contributed by atoms with Crippen LogP contribution >= 0.6 is 23.4 Å². The van der Waals surface area contributed by atoms with Gasteiger partial charge in [-0.05, 0) is 54.0 Å². The van der Waals surface area contributed by atoms with Gasteiger partial charge in [-0.1, -0.05) is 82.6 Å². The topological polar surface area (TPSA) is 175 Å². The highest BCUT2D eigenvalue weighted by Gasteiger charge is 2.44. The van der Waals surface area contributed by atoms with Crippen molar-refractivity contribution in [2.45, 2.75) is 83.3 Å². The van der Waals surface area contributed by atoms with Gasteiger partial charge in [-0.25, -0.2) is 23.9 Å². The number of likely N-dealkylation sites (tertiary alicyclic amines) is 2. The van der Waals surface area contributed by atoms with Crippen LogP contribution in [0.1, 0.15) is 77.6 Å². The van der Waals surface area contributed by atoms with E-state index in [9.17, 15) is 19.2 Å². The van der Waals surface area contributed by atoms with Crippen LogP contribution in [0, 0.1) is 17.2 Å². The molecule has 17 heteroatoms. The van der Waals surface area contributed by atoms with E-state index in [1.54, 1.807) is 39.9 Å². The lowest BCUT2D eigenvalue weighted by atomic mass is 9.85. The van der Waals surface area contributed by atoms with E-state index >= 15 is 4.39 Å². The Morgan fingerprint density at radius 2 is 1.58 bits per heavy atom. The van der Waals surface area contributed by atoms with Gasteiger partial charge in [0.05, 0.1) is 38.2 Å². The Balaban J connectivity index is 1.17. The van der Waals surface area contributed by atoms with Crippen LogP contribution in [0.5, 0.6) is 0 Å². The molecule has 0 radical (unpaired) electrons. The molecule has 0 saturated carbocycles. The zero-order chi connectivity index (χ0) is 42.8. The SMILES string of the molecule is COC(=O)N[C@H](C(=O)N1CCC[C@H]1c1nc(-c2ccc(-c3ccc(-c4cnc([C@@H]5C[C@H](SC)CN5C(=O)[C@@H](NC(=O)OC)C(C)(C)C)[nH]4)cc3)c(F)c2)c(Cl)[nH]1)C(C)C. The van der Waals surface area contributed by atoms with Crippen LogP contribution in [0.15, 0.2) is 48.7 Å². The molecule has 6 rings (SSSR count). The van der Waals surface area contributed by atoms with E-state index in [0.717, 1.165) is 17.7 Å². The minimum atomic E-state index is -0.801. The summed E-state index contributed by atoms with van der Waals surface area (Å²) in [5.74, 6) is 0.0440. The predicted octanol–water partition coefficient (Wildman–Crippen LogP) is 7.75. The number of hydrogen-bond donors (Lipinski definition) is 4. The number of nitrogens with zero attached hydrogens (tertiary/aromatic N) is 4. The van der Waals surface area contributed by atoms with Gasteiger partial charge in [0.25, 0.3) is 0 Å². The molecule has 2 aliphatic heterocycles. The number of methoxy groups -OCH3 is 2. The van der Waals surface area contributed by atoms with Crippen molar-refractivity contribution in [1.82, 2.24) is 40.4 Å².